The quantitative estimate of drug-likeness (QED) is 0.867. The molecule has 5 nitrogen and oxygen atoms in total. The highest BCUT2D eigenvalue weighted by Crippen LogP contribution is 2.55. The molecule has 0 bridgehead atoms. The van der Waals surface area contributed by atoms with E-state index >= 15 is 0 Å². The van der Waals surface area contributed by atoms with E-state index in [1.807, 2.05) is 43.3 Å². The van der Waals surface area contributed by atoms with Crippen LogP contribution in [0.1, 0.15) is 36.0 Å². The number of aryl methyl sites for hydroxylation is 1. The molecule has 2 fully saturated rings. The van der Waals surface area contributed by atoms with Gasteiger partial charge in [-0.15, -0.1) is 0 Å². The Kier molecular flexibility index (Phi) is 4.02. The van der Waals surface area contributed by atoms with Gasteiger partial charge in [0, 0.05) is 23.8 Å². The topological polar surface area (TPSA) is 61.4 Å². The molecule has 2 amide bonds. The number of amides is 2. The minimum atomic E-state index is -0.866. The average molecular weight is 375 g/mol. The van der Waals surface area contributed by atoms with Crippen molar-refractivity contribution in [1.82, 2.24) is 10.2 Å². The van der Waals surface area contributed by atoms with Crippen molar-refractivity contribution in [1.29, 1.82) is 0 Å². The van der Waals surface area contributed by atoms with Crippen LogP contribution in [-0.4, -0.2) is 29.3 Å². The van der Waals surface area contributed by atoms with Crippen LogP contribution in [0.2, 0.25) is 0 Å². The molecule has 144 valence electrons. The van der Waals surface area contributed by atoms with Crippen molar-refractivity contribution in [2.24, 2.45) is 5.92 Å². The Balaban J connectivity index is 1.47. The van der Waals surface area contributed by atoms with Crippen LogP contribution in [0.4, 0.5) is 5.69 Å². The summed E-state index contributed by atoms with van der Waals surface area (Å²) in [5.41, 5.74) is 3.21. The van der Waals surface area contributed by atoms with Crippen LogP contribution in [0, 0.1) is 12.8 Å². The third-order valence-corrected chi connectivity index (χ3v) is 6.68. The Hall–Kier alpha value is -2.66. The summed E-state index contributed by atoms with van der Waals surface area (Å²) in [5, 5.41) is 6.15. The molecule has 0 aliphatic carbocycles. The summed E-state index contributed by atoms with van der Waals surface area (Å²) in [4.78, 5) is 28.9. The van der Waals surface area contributed by atoms with Gasteiger partial charge in [0.25, 0.3) is 0 Å². The van der Waals surface area contributed by atoms with Crippen LogP contribution in [0.3, 0.4) is 0 Å². The highest BCUT2D eigenvalue weighted by atomic mass is 16.2. The zero-order valence-corrected chi connectivity index (χ0v) is 16.1. The van der Waals surface area contributed by atoms with Crippen molar-refractivity contribution >= 4 is 17.5 Å². The molecule has 5 rings (SSSR count). The summed E-state index contributed by atoms with van der Waals surface area (Å²) in [6.07, 6.45) is 2.87. The number of rotatable bonds is 3. The Morgan fingerprint density at radius 3 is 2.82 bits per heavy atom. The average Bonchev–Trinajstić information content (AvgIpc) is 3.36. The number of carbonyl (C=O) groups excluding carboxylic acids is 2. The predicted molar refractivity (Wildman–Crippen MR) is 108 cm³/mol. The number of benzene rings is 2. The second kappa shape index (κ2) is 6.45. The number of hydrogen-bond acceptors (Lipinski definition) is 3. The highest BCUT2D eigenvalue weighted by molar-refractivity contribution is 6.09. The number of para-hydroxylation sites is 1. The lowest BCUT2D eigenvalue weighted by atomic mass is 9.78. The van der Waals surface area contributed by atoms with Crippen LogP contribution in [0.5, 0.6) is 0 Å². The zero-order chi connectivity index (χ0) is 19.3. The SMILES string of the molecule is Cc1ccc(CNC(=O)C2CC3CCCN3C23C(=O)Nc2ccccc23)cc1. The van der Waals surface area contributed by atoms with Gasteiger partial charge in [0.1, 0.15) is 5.54 Å². The van der Waals surface area contributed by atoms with Gasteiger partial charge in [-0.05, 0) is 44.4 Å². The first-order chi connectivity index (χ1) is 13.6. The monoisotopic (exact) mass is 375 g/mol. The maximum Gasteiger partial charge on any atom is 0.250 e. The summed E-state index contributed by atoms with van der Waals surface area (Å²) < 4.78 is 0. The molecule has 0 radical (unpaired) electrons. The molecule has 2 saturated heterocycles. The molecule has 3 unspecified atom stereocenters. The van der Waals surface area contributed by atoms with E-state index in [9.17, 15) is 9.59 Å². The van der Waals surface area contributed by atoms with Gasteiger partial charge in [-0.1, -0.05) is 48.0 Å². The summed E-state index contributed by atoms with van der Waals surface area (Å²) in [6.45, 7) is 3.40. The minimum absolute atomic E-state index is 0.0261. The van der Waals surface area contributed by atoms with E-state index < -0.39 is 5.54 Å². The maximum atomic E-state index is 13.3. The Morgan fingerprint density at radius 2 is 2.00 bits per heavy atom. The fraction of sp³-hybridized carbons (Fsp3) is 0.391. The van der Waals surface area contributed by atoms with Crippen LogP contribution in [0.15, 0.2) is 48.5 Å². The molecule has 28 heavy (non-hydrogen) atoms. The van der Waals surface area contributed by atoms with Crippen LogP contribution in [-0.2, 0) is 21.7 Å². The van der Waals surface area contributed by atoms with Crippen LogP contribution in [0.25, 0.3) is 0 Å². The summed E-state index contributed by atoms with van der Waals surface area (Å²) in [6, 6.07) is 16.3. The number of carbonyl (C=O) groups is 2. The van der Waals surface area contributed by atoms with Crippen LogP contribution >= 0.6 is 0 Å². The summed E-state index contributed by atoms with van der Waals surface area (Å²) in [5.74, 6) is -0.442. The van der Waals surface area contributed by atoms with Gasteiger partial charge in [-0.25, -0.2) is 0 Å². The third kappa shape index (κ3) is 2.42. The van der Waals surface area contributed by atoms with Gasteiger partial charge >= 0.3 is 0 Å². The molecule has 0 aromatic heterocycles. The second-order valence-electron chi connectivity index (χ2n) is 8.25. The molecule has 0 saturated carbocycles. The van der Waals surface area contributed by atoms with Crippen molar-refractivity contribution in [3.05, 3.63) is 65.2 Å². The first-order valence-corrected chi connectivity index (χ1v) is 10.1. The Morgan fingerprint density at radius 1 is 1.21 bits per heavy atom. The zero-order valence-electron chi connectivity index (χ0n) is 16.1. The van der Waals surface area contributed by atoms with Crippen LogP contribution < -0.4 is 10.6 Å². The van der Waals surface area contributed by atoms with E-state index in [1.54, 1.807) is 0 Å². The Labute approximate surface area is 165 Å². The largest absolute Gasteiger partial charge is 0.352 e. The summed E-state index contributed by atoms with van der Waals surface area (Å²) >= 11 is 0. The standard InChI is InChI=1S/C23H25N3O2/c1-15-8-10-16(11-9-15)14-24-21(27)19-13-17-5-4-12-26(17)23(19)18-6-2-3-7-20(18)25-22(23)28/h2-3,6-11,17,19H,4-5,12-14H2,1H3,(H,24,27)(H,25,28). The van der Waals surface area contributed by atoms with Gasteiger partial charge in [-0.2, -0.15) is 0 Å². The Bertz CT molecular complexity index is 939. The minimum Gasteiger partial charge on any atom is -0.352 e. The van der Waals surface area contributed by atoms with E-state index in [4.69, 9.17) is 0 Å². The van der Waals surface area contributed by atoms with Crippen molar-refractivity contribution in [3.8, 4) is 0 Å². The predicted octanol–water partition coefficient (Wildman–Crippen LogP) is 2.94. The van der Waals surface area contributed by atoms with Crippen molar-refractivity contribution < 1.29 is 9.59 Å². The van der Waals surface area contributed by atoms with Gasteiger partial charge in [-0.3, -0.25) is 14.5 Å². The smallest absolute Gasteiger partial charge is 0.250 e. The van der Waals surface area contributed by atoms with Gasteiger partial charge in [0.2, 0.25) is 11.8 Å². The van der Waals surface area contributed by atoms with E-state index in [1.165, 1.54) is 5.56 Å². The van der Waals surface area contributed by atoms with Crippen molar-refractivity contribution in [2.75, 3.05) is 11.9 Å². The molecule has 2 aromatic carbocycles. The van der Waals surface area contributed by atoms with Gasteiger partial charge in [0.05, 0.1) is 5.92 Å². The molecule has 3 atom stereocenters. The lowest BCUT2D eigenvalue weighted by Crippen LogP contribution is -2.54. The van der Waals surface area contributed by atoms with Gasteiger partial charge < -0.3 is 10.6 Å². The number of fused-ring (bicyclic) bond motifs is 4. The van der Waals surface area contributed by atoms with E-state index in [0.717, 1.165) is 42.6 Å². The molecular formula is C23H25N3O2. The molecule has 5 heteroatoms. The molecule has 2 N–H and O–H groups in total. The van der Waals surface area contributed by atoms with Crippen molar-refractivity contribution in [2.45, 2.75) is 44.3 Å². The number of anilines is 1. The first kappa shape index (κ1) is 17.4. The highest BCUT2D eigenvalue weighted by Gasteiger charge is 2.65. The van der Waals surface area contributed by atoms with E-state index in [-0.39, 0.29) is 17.7 Å². The third-order valence-electron chi connectivity index (χ3n) is 6.68. The molecule has 2 aromatic rings. The molecule has 3 aliphatic rings. The summed E-state index contributed by atoms with van der Waals surface area (Å²) in [7, 11) is 0. The number of hydrogen-bond donors (Lipinski definition) is 2. The van der Waals surface area contributed by atoms with E-state index in [2.05, 4.69) is 27.7 Å². The fourth-order valence-corrected chi connectivity index (χ4v) is 5.40. The number of nitrogens with zero attached hydrogens (tertiary/aromatic N) is 1. The lowest BCUT2D eigenvalue weighted by Gasteiger charge is -2.36. The number of nitrogens with one attached hydrogen (secondary N) is 2. The molecule has 1 spiro atoms. The van der Waals surface area contributed by atoms with Crippen molar-refractivity contribution in [3.63, 3.8) is 0 Å². The first-order valence-electron chi connectivity index (χ1n) is 10.1. The fourth-order valence-electron chi connectivity index (χ4n) is 5.40. The molecular weight excluding hydrogens is 350 g/mol. The van der Waals surface area contributed by atoms with Gasteiger partial charge in [0.15, 0.2) is 0 Å². The maximum absolute atomic E-state index is 13.3. The van der Waals surface area contributed by atoms with E-state index in [0.29, 0.717) is 12.6 Å². The molecule has 3 heterocycles. The second-order valence-corrected chi connectivity index (χ2v) is 8.25. The normalized spacial score (nSPS) is 28.2. The molecule has 3 aliphatic heterocycles. The lowest BCUT2D eigenvalue weighted by molar-refractivity contribution is -0.137.